The Bertz CT molecular complexity index is 932. The Morgan fingerprint density at radius 1 is 1.30 bits per heavy atom. The van der Waals surface area contributed by atoms with E-state index >= 15 is 0 Å². The number of hydrogen-bond acceptors (Lipinski definition) is 5. The molecule has 1 saturated carbocycles. The van der Waals surface area contributed by atoms with Gasteiger partial charge in [-0.25, -0.2) is 13.8 Å². The van der Waals surface area contributed by atoms with Gasteiger partial charge in [-0.2, -0.15) is 9.37 Å². The van der Waals surface area contributed by atoms with Gasteiger partial charge in [0.05, 0.1) is 18.6 Å². The lowest BCUT2D eigenvalue weighted by atomic mass is 9.90. The van der Waals surface area contributed by atoms with E-state index in [-0.39, 0.29) is 42.6 Å². The van der Waals surface area contributed by atoms with Crippen LogP contribution in [0.15, 0.2) is 30.6 Å². The summed E-state index contributed by atoms with van der Waals surface area (Å²) in [7, 11) is 0. The molecule has 1 unspecified atom stereocenters. The van der Waals surface area contributed by atoms with Gasteiger partial charge in [0.2, 0.25) is 11.7 Å². The second-order valence-electron chi connectivity index (χ2n) is 7.98. The number of halogens is 3. The van der Waals surface area contributed by atoms with Crippen molar-refractivity contribution in [2.45, 2.75) is 38.2 Å². The van der Waals surface area contributed by atoms with Crippen molar-refractivity contribution in [2.24, 2.45) is 5.92 Å². The smallest absolute Gasteiger partial charge is 0.255 e. The molecule has 1 aromatic heterocycles. The van der Waals surface area contributed by atoms with Crippen molar-refractivity contribution in [3.05, 3.63) is 47.5 Å². The van der Waals surface area contributed by atoms with Crippen molar-refractivity contribution >= 4 is 11.7 Å². The first-order valence-electron chi connectivity index (χ1n) is 9.87. The number of aromatic nitrogens is 2. The highest BCUT2D eigenvalue weighted by Gasteiger charge is 2.57. The zero-order valence-corrected chi connectivity index (χ0v) is 16.7. The number of alkyl halides is 2. The van der Waals surface area contributed by atoms with Crippen LogP contribution < -0.4 is 15.0 Å². The van der Waals surface area contributed by atoms with Gasteiger partial charge < -0.3 is 15.0 Å². The van der Waals surface area contributed by atoms with E-state index in [9.17, 15) is 18.0 Å². The van der Waals surface area contributed by atoms with Crippen LogP contribution in [0.1, 0.15) is 43.4 Å². The van der Waals surface area contributed by atoms with E-state index in [0.717, 1.165) is 11.1 Å². The molecule has 0 spiro atoms. The van der Waals surface area contributed by atoms with Crippen molar-refractivity contribution in [1.29, 1.82) is 0 Å². The van der Waals surface area contributed by atoms with Crippen molar-refractivity contribution in [3.8, 4) is 5.88 Å². The van der Waals surface area contributed by atoms with Crippen LogP contribution in [-0.4, -0.2) is 41.5 Å². The lowest BCUT2D eigenvalue weighted by molar-refractivity contribution is -0.119. The maximum atomic E-state index is 14.7. The number of carbonyl (C=O) groups is 1. The number of benzene rings is 1. The molecule has 1 aromatic carbocycles. The molecule has 4 rings (SSSR count). The number of hydrogen-bond donors (Lipinski definition) is 1. The summed E-state index contributed by atoms with van der Waals surface area (Å²) in [6, 6.07) is 7.90. The summed E-state index contributed by atoms with van der Waals surface area (Å²) in [6.45, 7) is 4.30. The third-order valence-corrected chi connectivity index (χ3v) is 5.62. The van der Waals surface area contributed by atoms with Crippen LogP contribution in [0, 0.1) is 11.7 Å². The molecule has 0 bridgehead atoms. The van der Waals surface area contributed by atoms with Crippen LogP contribution in [0.3, 0.4) is 0 Å². The van der Waals surface area contributed by atoms with Gasteiger partial charge in [0, 0.05) is 32.4 Å². The number of nitrogens with one attached hydrogen (secondary N) is 1. The van der Waals surface area contributed by atoms with Gasteiger partial charge >= 0.3 is 0 Å². The number of rotatable bonds is 7. The van der Waals surface area contributed by atoms with E-state index in [4.69, 9.17) is 4.74 Å². The SMILES string of the molecule is CC(=O)N[C@@H](C)c1ccc(C2CN(c3ncnc(OCC4CC4(F)F)c3F)C2)cc1. The lowest BCUT2D eigenvalue weighted by Crippen LogP contribution is -2.46. The van der Waals surface area contributed by atoms with Crippen molar-refractivity contribution < 1.29 is 22.7 Å². The average molecular weight is 420 g/mol. The Kier molecular flexibility index (Phi) is 5.29. The molecule has 1 aliphatic carbocycles. The van der Waals surface area contributed by atoms with E-state index in [1.54, 1.807) is 4.90 Å². The molecule has 2 atom stereocenters. The Morgan fingerprint density at radius 3 is 2.57 bits per heavy atom. The molecule has 2 aromatic rings. The number of anilines is 1. The fourth-order valence-corrected chi connectivity index (χ4v) is 3.60. The highest BCUT2D eigenvalue weighted by molar-refractivity contribution is 5.73. The van der Waals surface area contributed by atoms with Crippen LogP contribution in [0.5, 0.6) is 5.88 Å². The molecule has 1 N–H and O–H groups in total. The zero-order valence-electron chi connectivity index (χ0n) is 16.7. The molecule has 0 radical (unpaired) electrons. The second kappa shape index (κ2) is 7.77. The fourth-order valence-electron chi connectivity index (χ4n) is 3.60. The Labute approximate surface area is 172 Å². The van der Waals surface area contributed by atoms with E-state index in [1.165, 1.54) is 13.3 Å². The average Bonchev–Trinajstić information content (AvgIpc) is 3.27. The zero-order chi connectivity index (χ0) is 21.5. The molecule has 2 fully saturated rings. The minimum atomic E-state index is -2.72. The van der Waals surface area contributed by atoms with Crippen molar-refractivity contribution in [3.63, 3.8) is 0 Å². The van der Waals surface area contributed by atoms with Gasteiger partial charge in [-0.15, -0.1) is 0 Å². The Hall–Kier alpha value is -2.84. The number of nitrogens with zero attached hydrogens (tertiary/aromatic N) is 3. The summed E-state index contributed by atoms with van der Waals surface area (Å²) in [6.07, 6.45) is 0.951. The minimum absolute atomic E-state index is 0.0708. The van der Waals surface area contributed by atoms with Crippen molar-refractivity contribution in [1.82, 2.24) is 15.3 Å². The van der Waals surface area contributed by atoms with Gasteiger partial charge in [0.25, 0.3) is 11.8 Å². The molecule has 1 saturated heterocycles. The first kappa shape index (κ1) is 20.4. The molecule has 1 aliphatic heterocycles. The molecule has 2 aliphatic rings. The molecule has 30 heavy (non-hydrogen) atoms. The third kappa shape index (κ3) is 4.20. The molecule has 1 amide bonds. The largest absolute Gasteiger partial charge is 0.475 e. The summed E-state index contributed by atoms with van der Waals surface area (Å²) in [5.74, 6) is -4.34. The summed E-state index contributed by atoms with van der Waals surface area (Å²) in [5.41, 5.74) is 2.13. The third-order valence-electron chi connectivity index (χ3n) is 5.62. The van der Waals surface area contributed by atoms with Gasteiger partial charge in [-0.3, -0.25) is 4.79 Å². The van der Waals surface area contributed by atoms with E-state index < -0.39 is 17.7 Å². The van der Waals surface area contributed by atoms with Crippen LogP contribution >= 0.6 is 0 Å². The highest BCUT2D eigenvalue weighted by atomic mass is 19.3. The number of ether oxygens (including phenoxy) is 1. The molecule has 6 nitrogen and oxygen atoms in total. The van der Waals surface area contributed by atoms with Crippen LogP contribution in [-0.2, 0) is 4.79 Å². The van der Waals surface area contributed by atoms with Crippen LogP contribution in [0.25, 0.3) is 0 Å². The lowest BCUT2D eigenvalue weighted by Gasteiger charge is -2.40. The predicted molar refractivity (Wildman–Crippen MR) is 104 cm³/mol. The molecular formula is C21H23F3N4O2. The predicted octanol–water partition coefficient (Wildman–Crippen LogP) is 3.45. The quantitative estimate of drug-likeness (QED) is 0.743. The van der Waals surface area contributed by atoms with Crippen LogP contribution in [0.2, 0.25) is 0 Å². The standard InChI is InChI=1S/C21H23F3N4O2/c1-12(27-13(2)29)14-3-5-15(6-4-14)16-8-28(9-16)19-18(22)20(26-11-25-19)30-10-17-7-21(17,23)24/h3-6,11-12,16-17H,7-10H2,1-2H3,(H,27,29)/t12-,17?/m0/s1. The normalized spacial score (nSPS) is 21.0. The highest BCUT2D eigenvalue weighted by Crippen LogP contribution is 2.48. The minimum Gasteiger partial charge on any atom is -0.475 e. The monoisotopic (exact) mass is 420 g/mol. The second-order valence-corrected chi connectivity index (χ2v) is 7.98. The maximum Gasteiger partial charge on any atom is 0.255 e. The van der Waals surface area contributed by atoms with Crippen molar-refractivity contribution in [2.75, 3.05) is 24.6 Å². The van der Waals surface area contributed by atoms with Gasteiger partial charge in [-0.05, 0) is 18.1 Å². The molecular weight excluding hydrogens is 397 g/mol. The summed E-state index contributed by atoms with van der Waals surface area (Å²) in [5, 5.41) is 2.84. The first-order chi connectivity index (χ1) is 14.2. The topological polar surface area (TPSA) is 67.4 Å². The van der Waals surface area contributed by atoms with E-state index in [1.807, 2.05) is 31.2 Å². The van der Waals surface area contributed by atoms with Gasteiger partial charge in [-0.1, -0.05) is 24.3 Å². The van der Waals surface area contributed by atoms with Gasteiger partial charge in [0.15, 0.2) is 5.82 Å². The van der Waals surface area contributed by atoms with Crippen LogP contribution in [0.4, 0.5) is 19.0 Å². The maximum absolute atomic E-state index is 14.7. The summed E-state index contributed by atoms with van der Waals surface area (Å²) in [4.78, 5) is 20.7. The number of amides is 1. The molecule has 160 valence electrons. The van der Waals surface area contributed by atoms with E-state index in [2.05, 4.69) is 15.3 Å². The Balaban J connectivity index is 1.35. The molecule has 2 heterocycles. The molecule has 9 heteroatoms. The Morgan fingerprint density at radius 2 is 1.97 bits per heavy atom. The summed E-state index contributed by atoms with van der Waals surface area (Å²) >= 11 is 0. The summed E-state index contributed by atoms with van der Waals surface area (Å²) < 4.78 is 45.8. The fraction of sp³-hybridized carbons (Fsp3) is 0.476. The number of carbonyl (C=O) groups excluding carboxylic acids is 1. The van der Waals surface area contributed by atoms with E-state index in [0.29, 0.717) is 13.1 Å². The van der Waals surface area contributed by atoms with Gasteiger partial charge in [0.1, 0.15) is 6.33 Å². The first-order valence-corrected chi connectivity index (χ1v) is 9.87.